The Morgan fingerprint density at radius 1 is 1.50 bits per heavy atom. The molecule has 2 heterocycles. The first kappa shape index (κ1) is 11.9. The lowest BCUT2D eigenvalue weighted by molar-refractivity contribution is 0.0845. The fraction of sp³-hybridized carbons (Fsp3) is 0.231. The molecule has 0 fully saturated rings. The molecule has 2 aromatic rings. The molecule has 18 heavy (non-hydrogen) atoms. The van der Waals surface area contributed by atoms with Gasteiger partial charge in [-0.05, 0) is 25.1 Å². The van der Waals surface area contributed by atoms with E-state index in [9.17, 15) is 4.79 Å². The molecule has 0 saturated heterocycles. The van der Waals surface area contributed by atoms with E-state index in [1.807, 2.05) is 24.4 Å². The Labute approximate surface area is 117 Å². The fourth-order valence-corrected chi connectivity index (χ4v) is 3.00. The van der Waals surface area contributed by atoms with Gasteiger partial charge < -0.3 is 4.74 Å². The highest BCUT2D eigenvalue weighted by atomic mass is 79.9. The Morgan fingerprint density at radius 2 is 2.33 bits per heavy atom. The maximum Gasteiger partial charge on any atom is 0.170 e. The van der Waals surface area contributed by atoms with Crippen LogP contribution in [0.1, 0.15) is 33.6 Å². The summed E-state index contributed by atoms with van der Waals surface area (Å²) in [5.41, 5.74) is 1.49. The molecule has 0 bridgehead atoms. The summed E-state index contributed by atoms with van der Waals surface area (Å²) in [6.45, 7) is 1.95. The normalized spacial score (nSPS) is 18.3. The molecule has 0 amide bonds. The zero-order valence-electron chi connectivity index (χ0n) is 9.64. The molecule has 0 N–H and O–H groups in total. The van der Waals surface area contributed by atoms with Crippen LogP contribution in [-0.4, -0.2) is 10.8 Å². The van der Waals surface area contributed by atoms with Gasteiger partial charge in [0.15, 0.2) is 5.78 Å². The molecule has 0 aliphatic carbocycles. The molecule has 0 radical (unpaired) electrons. The molecule has 1 aromatic carbocycles. The van der Waals surface area contributed by atoms with Gasteiger partial charge in [-0.3, -0.25) is 4.79 Å². The van der Waals surface area contributed by atoms with Gasteiger partial charge in [-0.2, -0.15) is 0 Å². The summed E-state index contributed by atoms with van der Waals surface area (Å²) in [6, 6.07) is 5.50. The Hall–Kier alpha value is -1.20. The van der Waals surface area contributed by atoms with Crippen LogP contribution in [0, 0.1) is 6.92 Å². The molecule has 0 saturated carbocycles. The molecule has 3 rings (SSSR count). The minimum absolute atomic E-state index is 0.105. The summed E-state index contributed by atoms with van der Waals surface area (Å²) in [4.78, 5) is 16.5. The van der Waals surface area contributed by atoms with Gasteiger partial charge >= 0.3 is 0 Å². The number of hydrogen-bond donors (Lipinski definition) is 0. The monoisotopic (exact) mass is 323 g/mol. The molecule has 3 nitrogen and oxygen atoms in total. The number of Topliss-reactive ketones (excluding diaryl/α,β-unsaturated/α-hetero) is 1. The Balaban J connectivity index is 1.96. The third kappa shape index (κ3) is 2.08. The largest absolute Gasteiger partial charge is 0.483 e. The number of carbonyl (C=O) groups is 1. The zero-order valence-corrected chi connectivity index (χ0v) is 12.0. The summed E-state index contributed by atoms with van der Waals surface area (Å²) in [7, 11) is 0. The lowest BCUT2D eigenvalue weighted by Gasteiger charge is -2.24. The smallest absolute Gasteiger partial charge is 0.170 e. The van der Waals surface area contributed by atoms with Crippen LogP contribution in [0.3, 0.4) is 0 Å². The van der Waals surface area contributed by atoms with Gasteiger partial charge in [-0.1, -0.05) is 15.9 Å². The zero-order chi connectivity index (χ0) is 12.7. The lowest BCUT2D eigenvalue weighted by Crippen LogP contribution is -2.20. The van der Waals surface area contributed by atoms with Gasteiger partial charge in [0, 0.05) is 9.85 Å². The van der Waals surface area contributed by atoms with Crippen LogP contribution in [0.2, 0.25) is 0 Å². The van der Waals surface area contributed by atoms with Crippen LogP contribution in [0.15, 0.2) is 28.1 Å². The molecule has 1 unspecified atom stereocenters. The first-order valence-electron chi connectivity index (χ1n) is 5.55. The number of aryl methyl sites for hydroxylation is 1. The number of fused-ring (bicyclic) bond motifs is 1. The third-order valence-corrected chi connectivity index (χ3v) is 4.13. The minimum Gasteiger partial charge on any atom is -0.483 e. The van der Waals surface area contributed by atoms with E-state index < -0.39 is 0 Å². The van der Waals surface area contributed by atoms with Gasteiger partial charge in [0.2, 0.25) is 0 Å². The Kier molecular flexibility index (Phi) is 2.95. The summed E-state index contributed by atoms with van der Waals surface area (Å²) < 4.78 is 6.75. The number of aromatic nitrogens is 1. The Morgan fingerprint density at radius 3 is 3.06 bits per heavy atom. The van der Waals surface area contributed by atoms with Gasteiger partial charge in [-0.15, -0.1) is 11.3 Å². The number of benzene rings is 1. The highest BCUT2D eigenvalue weighted by molar-refractivity contribution is 9.10. The van der Waals surface area contributed by atoms with E-state index in [0.717, 1.165) is 15.2 Å². The van der Waals surface area contributed by atoms with E-state index in [1.54, 1.807) is 17.4 Å². The van der Waals surface area contributed by atoms with Gasteiger partial charge in [0.05, 0.1) is 22.7 Å². The van der Waals surface area contributed by atoms with Crippen molar-refractivity contribution < 1.29 is 9.53 Å². The summed E-state index contributed by atoms with van der Waals surface area (Å²) in [5.74, 6) is 0.748. The second-order valence-corrected chi connectivity index (χ2v) is 6.14. The SMILES string of the molecule is Cc1nc(C2CC(=O)c3cc(Br)ccc3O2)cs1. The summed E-state index contributed by atoms with van der Waals surface area (Å²) in [6.07, 6.45) is 0.100. The number of rotatable bonds is 1. The fourth-order valence-electron chi connectivity index (χ4n) is 1.99. The number of halogens is 1. The highest BCUT2D eigenvalue weighted by Gasteiger charge is 2.29. The van der Waals surface area contributed by atoms with Gasteiger partial charge in [0.1, 0.15) is 11.9 Å². The van der Waals surface area contributed by atoms with Crippen molar-refractivity contribution in [1.82, 2.24) is 4.98 Å². The van der Waals surface area contributed by atoms with Crippen LogP contribution in [0.25, 0.3) is 0 Å². The first-order valence-corrected chi connectivity index (χ1v) is 7.22. The third-order valence-electron chi connectivity index (χ3n) is 2.85. The maximum atomic E-state index is 12.1. The van der Waals surface area contributed by atoms with Crippen LogP contribution in [0.4, 0.5) is 0 Å². The van der Waals surface area contributed by atoms with E-state index in [0.29, 0.717) is 17.7 Å². The molecule has 92 valence electrons. The second-order valence-electron chi connectivity index (χ2n) is 4.17. The average molecular weight is 324 g/mol. The number of ether oxygens (including phenoxy) is 1. The molecule has 1 aliphatic rings. The number of carbonyl (C=O) groups excluding carboxylic acids is 1. The lowest BCUT2D eigenvalue weighted by atomic mass is 9.99. The van der Waals surface area contributed by atoms with Crippen molar-refractivity contribution in [3.8, 4) is 5.75 Å². The van der Waals surface area contributed by atoms with E-state index in [2.05, 4.69) is 20.9 Å². The van der Waals surface area contributed by atoms with Crippen LogP contribution >= 0.6 is 27.3 Å². The van der Waals surface area contributed by atoms with Crippen molar-refractivity contribution in [3.63, 3.8) is 0 Å². The molecule has 5 heteroatoms. The molecule has 0 spiro atoms. The standard InChI is InChI=1S/C13H10BrNO2S/c1-7-15-10(6-18-7)13-5-11(16)9-4-8(14)2-3-12(9)17-13/h2-4,6,13H,5H2,1H3. The summed E-state index contributed by atoms with van der Waals surface area (Å²) >= 11 is 4.94. The number of ketones is 1. The quantitative estimate of drug-likeness (QED) is 0.798. The average Bonchev–Trinajstić information content (AvgIpc) is 2.77. The number of thiazole rings is 1. The predicted octanol–water partition coefficient (Wildman–Crippen LogP) is 3.92. The van der Waals surface area contributed by atoms with Crippen molar-refractivity contribution in [2.75, 3.05) is 0 Å². The molecular formula is C13H10BrNO2S. The summed E-state index contributed by atoms with van der Waals surface area (Å²) in [5, 5.41) is 2.94. The van der Waals surface area contributed by atoms with E-state index >= 15 is 0 Å². The number of nitrogens with zero attached hydrogens (tertiary/aromatic N) is 1. The molecule has 1 aliphatic heterocycles. The predicted molar refractivity (Wildman–Crippen MR) is 73.3 cm³/mol. The van der Waals surface area contributed by atoms with Crippen molar-refractivity contribution in [1.29, 1.82) is 0 Å². The van der Waals surface area contributed by atoms with Crippen molar-refractivity contribution >= 4 is 33.0 Å². The van der Waals surface area contributed by atoms with Gasteiger partial charge in [0.25, 0.3) is 0 Å². The number of hydrogen-bond acceptors (Lipinski definition) is 4. The van der Waals surface area contributed by atoms with E-state index in [4.69, 9.17) is 4.74 Å². The molecule has 1 aromatic heterocycles. The topological polar surface area (TPSA) is 39.2 Å². The Bertz CT molecular complexity index is 623. The van der Waals surface area contributed by atoms with Crippen molar-refractivity contribution in [3.05, 3.63) is 44.3 Å². The van der Waals surface area contributed by atoms with Gasteiger partial charge in [-0.25, -0.2) is 4.98 Å². The first-order chi connectivity index (χ1) is 8.63. The molecular weight excluding hydrogens is 314 g/mol. The minimum atomic E-state index is -0.254. The highest BCUT2D eigenvalue weighted by Crippen LogP contribution is 2.36. The van der Waals surface area contributed by atoms with E-state index in [1.165, 1.54) is 0 Å². The van der Waals surface area contributed by atoms with E-state index in [-0.39, 0.29) is 11.9 Å². The van der Waals surface area contributed by atoms with Crippen LogP contribution in [0.5, 0.6) is 5.75 Å². The van der Waals surface area contributed by atoms with Crippen molar-refractivity contribution in [2.24, 2.45) is 0 Å². The second kappa shape index (κ2) is 4.48. The van der Waals surface area contributed by atoms with Crippen molar-refractivity contribution in [2.45, 2.75) is 19.4 Å². The van der Waals surface area contributed by atoms with Crippen LogP contribution < -0.4 is 4.74 Å². The van der Waals surface area contributed by atoms with Crippen LogP contribution in [-0.2, 0) is 0 Å². The molecule has 1 atom stereocenters. The maximum absolute atomic E-state index is 12.1.